The Morgan fingerprint density at radius 2 is 1.92 bits per heavy atom. The van der Waals surface area contributed by atoms with Crippen molar-refractivity contribution in [3.8, 4) is 5.75 Å². The summed E-state index contributed by atoms with van der Waals surface area (Å²) in [6.45, 7) is 1.98. The highest BCUT2D eigenvalue weighted by Crippen LogP contribution is 2.14. The predicted octanol–water partition coefficient (Wildman–Crippen LogP) is 3.07. The molecule has 0 amide bonds. The summed E-state index contributed by atoms with van der Waals surface area (Å²) in [6, 6.07) is 6.71. The van der Waals surface area contributed by atoms with E-state index in [2.05, 4.69) is 0 Å². The van der Waals surface area contributed by atoms with Crippen molar-refractivity contribution in [1.82, 2.24) is 0 Å². The van der Waals surface area contributed by atoms with E-state index >= 15 is 0 Å². The number of alkyl halides is 1. The summed E-state index contributed by atoms with van der Waals surface area (Å²) in [5.41, 5.74) is 0.943. The molecule has 0 heterocycles. The number of hydrogen-bond acceptors (Lipinski definition) is 1. The second kappa shape index (κ2) is 4.85. The number of phenolic OH excluding ortho intramolecular Hbond substituents is 1. The maximum absolute atomic E-state index is 13.1. The number of halogens is 1. The molecule has 1 rings (SSSR count). The van der Waals surface area contributed by atoms with Gasteiger partial charge in [-0.2, -0.15) is 0 Å². The molecule has 0 saturated heterocycles. The average molecular weight is 182 g/mol. The molecule has 0 aliphatic rings. The molecule has 0 aliphatic carbocycles. The standard InChI is InChI=1S/C11H15FO/c1-2-3-10(12)8-9-4-6-11(13)7-5-9/h4-7,10,13H,2-3,8H2,1H3. The first-order chi connectivity index (χ1) is 6.22. The third kappa shape index (κ3) is 3.45. The van der Waals surface area contributed by atoms with Crippen molar-refractivity contribution < 1.29 is 9.50 Å². The Morgan fingerprint density at radius 1 is 1.31 bits per heavy atom. The highest BCUT2D eigenvalue weighted by atomic mass is 19.1. The zero-order valence-corrected chi connectivity index (χ0v) is 7.83. The zero-order valence-electron chi connectivity index (χ0n) is 7.83. The molecule has 0 fully saturated rings. The minimum Gasteiger partial charge on any atom is -0.508 e. The lowest BCUT2D eigenvalue weighted by Crippen LogP contribution is -2.03. The summed E-state index contributed by atoms with van der Waals surface area (Å²) in [7, 11) is 0. The fourth-order valence-corrected chi connectivity index (χ4v) is 1.30. The third-order valence-corrected chi connectivity index (χ3v) is 2.00. The van der Waals surface area contributed by atoms with E-state index < -0.39 is 6.17 Å². The molecule has 2 heteroatoms. The summed E-state index contributed by atoms with van der Waals surface area (Å²) >= 11 is 0. The lowest BCUT2D eigenvalue weighted by atomic mass is 10.1. The summed E-state index contributed by atoms with van der Waals surface area (Å²) in [6.07, 6.45) is 1.18. The van der Waals surface area contributed by atoms with Crippen LogP contribution >= 0.6 is 0 Å². The minimum absolute atomic E-state index is 0.231. The topological polar surface area (TPSA) is 20.2 Å². The molecule has 1 unspecified atom stereocenters. The second-order valence-corrected chi connectivity index (χ2v) is 3.26. The highest BCUT2D eigenvalue weighted by molar-refractivity contribution is 5.26. The second-order valence-electron chi connectivity index (χ2n) is 3.26. The van der Waals surface area contributed by atoms with Crippen molar-refractivity contribution in [1.29, 1.82) is 0 Å². The first kappa shape index (κ1) is 10.0. The van der Waals surface area contributed by atoms with Crippen molar-refractivity contribution in [2.24, 2.45) is 0 Å². The Morgan fingerprint density at radius 3 is 2.46 bits per heavy atom. The molecule has 0 bridgehead atoms. The third-order valence-electron chi connectivity index (χ3n) is 2.00. The number of hydrogen-bond donors (Lipinski definition) is 1. The van der Waals surface area contributed by atoms with Crippen LogP contribution in [0.3, 0.4) is 0 Å². The van der Waals surface area contributed by atoms with Crippen LogP contribution in [0.4, 0.5) is 4.39 Å². The van der Waals surface area contributed by atoms with Crippen LogP contribution in [0.1, 0.15) is 25.3 Å². The Balaban J connectivity index is 2.49. The van der Waals surface area contributed by atoms with E-state index in [1.54, 1.807) is 24.3 Å². The molecule has 0 saturated carbocycles. The first-order valence-corrected chi connectivity index (χ1v) is 4.64. The fourth-order valence-electron chi connectivity index (χ4n) is 1.30. The van der Waals surface area contributed by atoms with E-state index in [1.807, 2.05) is 6.92 Å². The van der Waals surface area contributed by atoms with E-state index in [0.717, 1.165) is 12.0 Å². The van der Waals surface area contributed by atoms with Crippen molar-refractivity contribution in [2.45, 2.75) is 32.4 Å². The van der Waals surface area contributed by atoms with Gasteiger partial charge in [0.15, 0.2) is 0 Å². The summed E-state index contributed by atoms with van der Waals surface area (Å²) in [5, 5.41) is 9.00. The van der Waals surface area contributed by atoms with E-state index in [9.17, 15) is 4.39 Å². The molecule has 13 heavy (non-hydrogen) atoms. The van der Waals surface area contributed by atoms with Gasteiger partial charge in [-0.05, 0) is 24.1 Å². The molecule has 0 aliphatic heterocycles. The van der Waals surface area contributed by atoms with Gasteiger partial charge in [0.2, 0.25) is 0 Å². The van der Waals surface area contributed by atoms with Crippen LogP contribution < -0.4 is 0 Å². The lowest BCUT2D eigenvalue weighted by molar-refractivity contribution is 0.310. The minimum atomic E-state index is -0.755. The molecular weight excluding hydrogens is 167 g/mol. The normalized spacial score (nSPS) is 12.8. The van der Waals surface area contributed by atoms with E-state index in [-0.39, 0.29) is 5.75 Å². The van der Waals surface area contributed by atoms with Crippen LogP contribution in [-0.4, -0.2) is 11.3 Å². The number of benzene rings is 1. The molecule has 1 aromatic rings. The van der Waals surface area contributed by atoms with Gasteiger partial charge in [-0.3, -0.25) is 0 Å². The maximum atomic E-state index is 13.1. The molecule has 72 valence electrons. The highest BCUT2D eigenvalue weighted by Gasteiger charge is 2.05. The number of aromatic hydroxyl groups is 1. The fraction of sp³-hybridized carbons (Fsp3) is 0.455. The largest absolute Gasteiger partial charge is 0.508 e. The van der Waals surface area contributed by atoms with Crippen molar-refractivity contribution in [3.63, 3.8) is 0 Å². The van der Waals surface area contributed by atoms with Gasteiger partial charge in [0, 0.05) is 6.42 Å². The van der Waals surface area contributed by atoms with Crippen molar-refractivity contribution in [3.05, 3.63) is 29.8 Å². The first-order valence-electron chi connectivity index (χ1n) is 4.64. The molecular formula is C11H15FO. The van der Waals surface area contributed by atoms with Gasteiger partial charge in [-0.25, -0.2) is 4.39 Å². The quantitative estimate of drug-likeness (QED) is 0.758. The van der Waals surface area contributed by atoms with Gasteiger partial charge in [-0.15, -0.1) is 0 Å². The Hall–Kier alpha value is -1.05. The van der Waals surface area contributed by atoms with E-state index in [4.69, 9.17) is 5.11 Å². The van der Waals surface area contributed by atoms with Crippen LogP contribution in [0.5, 0.6) is 5.75 Å². The molecule has 0 aromatic heterocycles. The van der Waals surface area contributed by atoms with Crippen LogP contribution in [0.2, 0.25) is 0 Å². The molecule has 1 nitrogen and oxygen atoms in total. The van der Waals surface area contributed by atoms with Crippen LogP contribution in [-0.2, 0) is 6.42 Å². The Labute approximate surface area is 78.2 Å². The summed E-state index contributed by atoms with van der Waals surface area (Å²) in [4.78, 5) is 0. The van der Waals surface area contributed by atoms with Gasteiger partial charge in [0.25, 0.3) is 0 Å². The van der Waals surface area contributed by atoms with Crippen molar-refractivity contribution in [2.75, 3.05) is 0 Å². The average Bonchev–Trinajstić information content (AvgIpc) is 2.09. The van der Waals surface area contributed by atoms with Crippen LogP contribution in [0.25, 0.3) is 0 Å². The molecule has 1 aromatic carbocycles. The molecule has 1 atom stereocenters. The van der Waals surface area contributed by atoms with Crippen LogP contribution in [0.15, 0.2) is 24.3 Å². The molecule has 0 spiro atoms. The summed E-state index contributed by atoms with van der Waals surface area (Å²) < 4.78 is 13.1. The number of rotatable bonds is 4. The Bertz CT molecular complexity index is 243. The SMILES string of the molecule is CCCC(F)Cc1ccc(O)cc1. The van der Waals surface area contributed by atoms with Crippen molar-refractivity contribution >= 4 is 0 Å². The van der Waals surface area contributed by atoms with Gasteiger partial charge < -0.3 is 5.11 Å². The van der Waals surface area contributed by atoms with Crippen LogP contribution in [0, 0.1) is 0 Å². The zero-order chi connectivity index (χ0) is 9.68. The van der Waals surface area contributed by atoms with Gasteiger partial charge >= 0.3 is 0 Å². The lowest BCUT2D eigenvalue weighted by Gasteiger charge is -2.06. The smallest absolute Gasteiger partial charge is 0.115 e. The Kier molecular flexibility index (Phi) is 3.74. The number of phenols is 1. The van der Waals surface area contributed by atoms with Gasteiger partial charge in [-0.1, -0.05) is 25.5 Å². The molecule has 1 N–H and O–H groups in total. The van der Waals surface area contributed by atoms with Gasteiger partial charge in [0.1, 0.15) is 11.9 Å². The van der Waals surface area contributed by atoms with Gasteiger partial charge in [0.05, 0.1) is 0 Å². The predicted molar refractivity (Wildman–Crippen MR) is 51.6 cm³/mol. The van der Waals surface area contributed by atoms with E-state index in [1.165, 1.54) is 0 Å². The molecule has 0 radical (unpaired) electrons. The maximum Gasteiger partial charge on any atom is 0.115 e. The van der Waals surface area contributed by atoms with E-state index in [0.29, 0.717) is 12.8 Å². The monoisotopic (exact) mass is 182 g/mol. The summed E-state index contributed by atoms with van der Waals surface area (Å²) in [5.74, 6) is 0.231.